The zero-order chi connectivity index (χ0) is 21.1. The maximum Gasteiger partial charge on any atom is 0.416 e. The number of hydrogen-bond donors (Lipinski definition) is 0. The van der Waals surface area contributed by atoms with E-state index in [-0.39, 0.29) is 49.8 Å². The van der Waals surface area contributed by atoms with Gasteiger partial charge in [0.25, 0.3) is 0 Å². The monoisotopic (exact) mass is 426 g/mol. The quantitative estimate of drug-likeness (QED) is 0.739. The van der Waals surface area contributed by atoms with Crippen molar-refractivity contribution in [3.63, 3.8) is 0 Å². The number of hydrogen-bond acceptors (Lipinski definition) is 3. The van der Waals surface area contributed by atoms with Crippen molar-refractivity contribution in [2.75, 3.05) is 26.2 Å². The predicted octanol–water partition coefficient (Wildman–Crippen LogP) is 2.92. The van der Waals surface area contributed by atoms with Gasteiger partial charge in [-0.3, -0.25) is 4.79 Å². The number of amides is 1. The molecule has 0 saturated carbocycles. The van der Waals surface area contributed by atoms with E-state index in [1.165, 1.54) is 21.3 Å². The molecule has 1 heterocycles. The van der Waals surface area contributed by atoms with Crippen LogP contribution in [0.4, 0.5) is 13.2 Å². The Bertz CT molecular complexity index is 954. The number of sulfonamides is 1. The summed E-state index contributed by atoms with van der Waals surface area (Å²) in [5.74, 6) is -0.420. The van der Waals surface area contributed by atoms with Crippen LogP contribution in [0, 0.1) is 0 Å². The summed E-state index contributed by atoms with van der Waals surface area (Å²) in [5, 5.41) is 0. The topological polar surface area (TPSA) is 57.7 Å². The maximum absolute atomic E-state index is 12.8. The number of carbonyl (C=O) groups is 1. The Morgan fingerprint density at radius 3 is 2.14 bits per heavy atom. The molecule has 1 saturated heterocycles. The first-order chi connectivity index (χ1) is 13.6. The number of rotatable bonds is 5. The lowest BCUT2D eigenvalue weighted by Gasteiger charge is -2.34. The van der Waals surface area contributed by atoms with Crippen LogP contribution in [0.2, 0.25) is 0 Å². The van der Waals surface area contributed by atoms with Gasteiger partial charge in [0, 0.05) is 26.2 Å². The van der Waals surface area contributed by atoms with Gasteiger partial charge >= 0.3 is 6.18 Å². The van der Waals surface area contributed by atoms with Crippen molar-refractivity contribution in [3.05, 3.63) is 71.3 Å². The van der Waals surface area contributed by atoms with Gasteiger partial charge in [0.15, 0.2) is 0 Å². The van der Waals surface area contributed by atoms with Crippen molar-refractivity contribution in [1.82, 2.24) is 9.21 Å². The van der Waals surface area contributed by atoms with Crippen LogP contribution >= 0.6 is 0 Å². The zero-order valence-corrected chi connectivity index (χ0v) is 16.4. The maximum atomic E-state index is 12.8. The van der Waals surface area contributed by atoms with E-state index in [2.05, 4.69) is 0 Å². The molecule has 2 aromatic carbocycles. The fraction of sp³-hybridized carbons (Fsp3) is 0.350. The Hall–Kier alpha value is -2.39. The third-order valence-electron chi connectivity index (χ3n) is 4.79. The third-order valence-corrected chi connectivity index (χ3v) is 6.64. The molecule has 1 aliphatic rings. The molecule has 156 valence electrons. The van der Waals surface area contributed by atoms with Gasteiger partial charge in [-0.1, -0.05) is 48.5 Å². The van der Waals surface area contributed by atoms with Gasteiger partial charge in [-0.25, -0.2) is 8.42 Å². The minimum atomic E-state index is -4.46. The van der Waals surface area contributed by atoms with Gasteiger partial charge in [0.1, 0.15) is 0 Å². The molecular weight excluding hydrogens is 405 g/mol. The smallest absolute Gasteiger partial charge is 0.340 e. The summed E-state index contributed by atoms with van der Waals surface area (Å²) < 4.78 is 64.9. The van der Waals surface area contributed by atoms with E-state index in [1.807, 2.05) is 6.07 Å². The van der Waals surface area contributed by atoms with Gasteiger partial charge in [-0.2, -0.15) is 17.5 Å². The van der Waals surface area contributed by atoms with Crippen molar-refractivity contribution >= 4 is 15.9 Å². The zero-order valence-electron chi connectivity index (χ0n) is 15.6. The molecule has 9 heteroatoms. The summed E-state index contributed by atoms with van der Waals surface area (Å²) in [6.45, 7) is 0.768. The summed E-state index contributed by atoms with van der Waals surface area (Å²) in [6, 6.07) is 13.5. The fourth-order valence-electron chi connectivity index (χ4n) is 3.24. The normalized spacial score (nSPS) is 16.0. The van der Waals surface area contributed by atoms with Gasteiger partial charge in [0.05, 0.1) is 17.7 Å². The standard InChI is InChI=1S/C20H21F3N2O3S/c21-20(22,23)18-8-4-7-17(13-18)14-19(26)24-9-11-25(12-10-24)29(27,28)15-16-5-2-1-3-6-16/h1-8,13H,9-12,14-15H2. The molecule has 1 aliphatic heterocycles. The van der Waals surface area contributed by atoms with Crippen LogP contribution in [0.25, 0.3) is 0 Å². The lowest BCUT2D eigenvalue weighted by Crippen LogP contribution is -2.51. The first-order valence-electron chi connectivity index (χ1n) is 9.11. The Labute approximate surface area is 167 Å². The van der Waals surface area contributed by atoms with E-state index in [0.29, 0.717) is 5.56 Å². The highest BCUT2D eigenvalue weighted by atomic mass is 32.2. The molecule has 0 atom stereocenters. The number of alkyl halides is 3. The molecule has 5 nitrogen and oxygen atoms in total. The van der Waals surface area contributed by atoms with E-state index in [1.54, 1.807) is 24.3 Å². The summed E-state index contributed by atoms with van der Waals surface area (Å²) in [7, 11) is -3.50. The molecule has 0 radical (unpaired) electrons. The number of piperazine rings is 1. The van der Waals surface area contributed by atoms with Crippen molar-refractivity contribution < 1.29 is 26.4 Å². The number of carbonyl (C=O) groups excluding carboxylic acids is 1. The van der Waals surface area contributed by atoms with Crippen LogP contribution in [-0.4, -0.2) is 49.7 Å². The molecule has 2 aromatic rings. The Morgan fingerprint density at radius 2 is 1.52 bits per heavy atom. The minimum absolute atomic E-state index is 0.105. The second-order valence-electron chi connectivity index (χ2n) is 6.90. The molecule has 1 fully saturated rings. The molecule has 1 amide bonds. The Balaban J connectivity index is 1.57. The van der Waals surface area contributed by atoms with Crippen molar-refractivity contribution in [2.45, 2.75) is 18.3 Å². The van der Waals surface area contributed by atoms with E-state index in [0.717, 1.165) is 12.1 Å². The average molecular weight is 426 g/mol. The molecule has 0 N–H and O–H groups in total. The highest BCUT2D eigenvalue weighted by Gasteiger charge is 2.31. The van der Waals surface area contributed by atoms with E-state index < -0.39 is 21.8 Å². The average Bonchev–Trinajstić information content (AvgIpc) is 2.68. The Morgan fingerprint density at radius 1 is 0.897 bits per heavy atom. The summed E-state index contributed by atoms with van der Waals surface area (Å²) in [6.07, 6.45) is -4.61. The molecule has 0 aromatic heterocycles. The van der Waals surface area contributed by atoms with E-state index in [9.17, 15) is 26.4 Å². The van der Waals surface area contributed by atoms with Gasteiger partial charge in [0.2, 0.25) is 15.9 Å². The molecular formula is C20H21F3N2O3S. The number of nitrogens with zero attached hydrogens (tertiary/aromatic N) is 2. The number of benzene rings is 2. The highest BCUT2D eigenvalue weighted by molar-refractivity contribution is 7.88. The molecule has 0 bridgehead atoms. The van der Waals surface area contributed by atoms with Gasteiger partial charge in [-0.15, -0.1) is 0 Å². The fourth-order valence-corrected chi connectivity index (χ4v) is 4.75. The lowest BCUT2D eigenvalue weighted by atomic mass is 10.1. The van der Waals surface area contributed by atoms with Crippen LogP contribution in [0.5, 0.6) is 0 Å². The number of halogens is 3. The molecule has 29 heavy (non-hydrogen) atoms. The SMILES string of the molecule is O=C(Cc1cccc(C(F)(F)F)c1)N1CCN(S(=O)(=O)Cc2ccccc2)CC1. The first kappa shape index (κ1) is 21.3. The van der Waals surface area contributed by atoms with Crippen molar-refractivity contribution in [3.8, 4) is 0 Å². The molecule has 0 aliphatic carbocycles. The van der Waals surface area contributed by atoms with Crippen LogP contribution < -0.4 is 0 Å². The lowest BCUT2D eigenvalue weighted by molar-refractivity contribution is -0.138. The first-order valence-corrected chi connectivity index (χ1v) is 10.7. The van der Waals surface area contributed by atoms with E-state index >= 15 is 0 Å². The molecule has 3 rings (SSSR count). The Kier molecular flexibility index (Phi) is 6.28. The third kappa shape index (κ3) is 5.57. The minimum Gasteiger partial charge on any atom is -0.340 e. The largest absolute Gasteiger partial charge is 0.416 e. The van der Waals surface area contributed by atoms with Crippen molar-refractivity contribution in [2.24, 2.45) is 0 Å². The summed E-state index contributed by atoms with van der Waals surface area (Å²) in [4.78, 5) is 13.9. The van der Waals surface area contributed by atoms with Crippen LogP contribution in [-0.2, 0) is 33.2 Å². The second kappa shape index (κ2) is 8.54. The van der Waals surface area contributed by atoms with Crippen LogP contribution in [0.3, 0.4) is 0 Å². The van der Waals surface area contributed by atoms with Crippen LogP contribution in [0.1, 0.15) is 16.7 Å². The summed E-state index contributed by atoms with van der Waals surface area (Å²) >= 11 is 0. The summed E-state index contributed by atoms with van der Waals surface area (Å²) in [5.41, 5.74) is 0.180. The van der Waals surface area contributed by atoms with Crippen molar-refractivity contribution in [1.29, 1.82) is 0 Å². The van der Waals surface area contributed by atoms with Crippen LogP contribution in [0.15, 0.2) is 54.6 Å². The molecule has 0 spiro atoms. The van der Waals surface area contributed by atoms with E-state index in [4.69, 9.17) is 0 Å². The highest BCUT2D eigenvalue weighted by Crippen LogP contribution is 2.29. The predicted molar refractivity (Wildman–Crippen MR) is 102 cm³/mol. The van der Waals surface area contributed by atoms with Gasteiger partial charge in [-0.05, 0) is 17.2 Å². The molecule has 0 unspecified atom stereocenters. The second-order valence-corrected chi connectivity index (χ2v) is 8.87. The van der Waals surface area contributed by atoms with Gasteiger partial charge < -0.3 is 4.90 Å².